The maximum atomic E-state index is 12.2. The quantitative estimate of drug-likeness (QED) is 0.742. The molecule has 3 rings (SSSR count). The van der Waals surface area contributed by atoms with Gasteiger partial charge in [-0.15, -0.1) is 0 Å². The Hall–Kier alpha value is -2.68. The molecule has 0 aromatic carbocycles. The van der Waals surface area contributed by atoms with Gasteiger partial charge in [-0.3, -0.25) is 4.79 Å². The molecule has 8 nitrogen and oxygen atoms in total. The molecule has 1 N–H and O–H groups in total. The maximum Gasteiger partial charge on any atom is 0.435 e. The van der Waals surface area contributed by atoms with Crippen molar-refractivity contribution in [3.63, 3.8) is 0 Å². The van der Waals surface area contributed by atoms with Gasteiger partial charge in [0, 0.05) is 34.3 Å². The van der Waals surface area contributed by atoms with Crippen LogP contribution in [0.3, 0.4) is 0 Å². The lowest BCUT2D eigenvalue weighted by molar-refractivity contribution is -0.119. The predicted molar refractivity (Wildman–Crippen MR) is 112 cm³/mol. The number of rotatable bonds is 4. The molecule has 0 aliphatic carbocycles. The maximum absolute atomic E-state index is 12.2. The molecule has 0 unspecified atom stereocenters. The number of methoxy groups -OCH3 is 1. The molecule has 0 bridgehead atoms. The smallest absolute Gasteiger partial charge is 0.435 e. The number of ether oxygens (including phenoxy) is 2. The number of carbonyl (C=O) groups is 2. The summed E-state index contributed by atoms with van der Waals surface area (Å²) in [6.07, 6.45) is 5.78. The molecular weight excluding hydrogens is 440 g/mol. The van der Waals surface area contributed by atoms with Crippen LogP contribution in [-0.2, 0) is 9.53 Å². The molecule has 1 saturated heterocycles. The lowest BCUT2D eigenvalue weighted by Gasteiger charge is -2.18. The molecular formula is C20H23BrN4O4. The average Bonchev–Trinajstić information content (AvgIpc) is 3.29. The topological polar surface area (TPSA) is 95.3 Å². The third kappa shape index (κ3) is 5.23. The second kappa shape index (κ2) is 8.36. The highest BCUT2D eigenvalue weighted by Gasteiger charge is 2.21. The van der Waals surface area contributed by atoms with E-state index in [9.17, 15) is 9.59 Å². The minimum absolute atomic E-state index is 0.0172. The fraction of sp³-hybridized carbons (Fsp3) is 0.400. The van der Waals surface area contributed by atoms with Crippen LogP contribution in [0.1, 0.15) is 39.3 Å². The van der Waals surface area contributed by atoms with Gasteiger partial charge in [0.15, 0.2) is 0 Å². The zero-order valence-corrected chi connectivity index (χ0v) is 18.3. The number of nitrogens with one attached hydrogen (secondary N) is 1. The number of pyridine rings is 1. The molecule has 1 atom stereocenters. The molecule has 2 aromatic rings. The van der Waals surface area contributed by atoms with Crippen molar-refractivity contribution in [1.29, 1.82) is 0 Å². The number of hydrogen-bond acceptors (Lipinski definition) is 6. The largest absolute Gasteiger partial charge is 0.481 e. The Kier molecular flexibility index (Phi) is 6.07. The van der Waals surface area contributed by atoms with Crippen LogP contribution in [0.15, 0.2) is 30.6 Å². The number of aromatic nitrogens is 3. The van der Waals surface area contributed by atoms with Gasteiger partial charge in [-0.05, 0) is 61.3 Å². The summed E-state index contributed by atoms with van der Waals surface area (Å²) in [5.41, 5.74) is 1.43. The molecule has 29 heavy (non-hydrogen) atoms. The Labute approximate surface area is 177 Å². The van der Waals surface area contributed by atoms with E-state index < -0.39 is 11.7 Å². The lowest BCUT2D eigenvalue weighted by atomic mass is 10.1. The van der Waals surface area contributed by atoms with Crippen molar-refractivity contribution in [2.24, 2.45) is 0 Å². The van der Waals surface area contributed by atoms with Crippen LogP contribution in [0, 0.1) is 0 Å². The summed E-state index contributed by atoms with van der Waals surface area (Å²) in [6, 6.07) is 3.66. The number of nitrogens with zero attached hydrogens (tertiary/aromatic N) is 3. The van der Waals surface area contributed by atoms with Gasteiger partial charge in [0.05, 0.1) is 19.0 Å². The Balaban J connectivity index is 1.83. The van der Waals surface area contributed by atoms with Crippen molar-refractivity contribution in [1.82, 2.24) is 20.1 Å². The summed E-state index contributed by atoms with van der Waals surface area (Å²) in [4.78, 5) is 28.1. The van der Waals surface area contributed by atoms with Gasteiger partial charge < -0.3 is 14.8 Å². The minimum atomic E-state index is -0.610. The first-order chi connectivity index (χ1) is 13.7. The number of hydrogen-bond donors (Lipinski definition) is 1. The molecule has 2 aromatic heterocycles. The van der Waals surface area contributed by atoms with E-state index in [2.05, 4.69) is 31.3 Å². The monoisotopic (exact) mass is 462 g/mol. The first kappa shape index (κ1) is 21.0. The van der Waals surface area contributed by atoms with E-state index in [1.807, 2.05) is 18.2 Å². The van der Waals surface area contributed by atoms with Gasteiger partial charge in [0.1, 0.15) is 5.60 Å². The SMILES string of the molecule is COc1nc(/C(Br)=C/[C@H]2CCC(=O)N2)ccc1-c1cnn(C(=O)OC(C)(C)C)c1. The second-order valence-electron chi connectivity index (χ2n) is 7.63. The molecule has 3 heterocycles. The molecule has 0 spiro atoms. The summed E-state index contributed by atoms with van der Waals surface area (Å²) < 4.78 is 12.7. The molecule has 0 radical (unpaired) electrons. The van der Waals surface area contributed by atoms with E-state index in [0.29, 0.717) is 29.1 Å². The van der Waals surface area contributed by atoms with Crippen molar-refractivity contribution < 1.29 is 19.1 Å². The van der Waals surface area contributed by atoms with Crippen LogP contribution >= 0.6 is 15.9 Å². The van der Waals surface area contributed by atoms with Crippen molar-refractivity contribution in [2.45, 2.75) is 45.3 Å². The predicted octanol–water partition coefficient (Wildman–Crippen LogP) is 3.75. The van der Waals surface area contributed by atoms with Gasteiger partial charge in [-0.2, -0.15) is 9.78 Å². The number of halogens is 1. The standard InChI is InChI=1S/C20H23BrN4O4/c1-20(2,3)29-19(27)25-11-12(10-22-25)14-6-7-16(24-18(14)28-4)15(21)9-13-5-8-17(26)23-13/h6-7,9-11,13H,5,8H2,1-4H3,(H,23,26)/b15-9-/t13-/m1/s1. The van der Waals surface area contributed by atoms with Crippen LogP contribution < -0.4 is 10.1 Å². The molecule has 9 heteroatoms. The highest BCUT2D eigenvalue weighted by atomic mass is 79.9. The Morgan fingerprint density at radius 3 is 2.76 bits per heavy atom. The van der Waals surface area contributed by atoms with Crippen LogP contribution in [0.4, 0.5) is 4.79 Å². The molecule has 1 aliphatic rings. The van der Waals surface area contributed by atoms with Gasteiger partial charge in [-0.1, -0.05) is 0 Å². The summed E-state index contributed by atoms with van der Waals surface area (Å²) in [7, 11) is 1.53. The minimum Gasteiger partial charge on any atom is -0.481 e. The molecule has 1 amide bonds. The van der Waals surface area contributed by atoms with Gasteiger partial charge in [0.2, 0.25) is 11.8 Å². The van der Waals surface area contributed by atoms with E-state index in [1.165, 1.54) is 7.11 Å². The van der Waals surface area contributed by atoms with E-state index in [4.69, 9.17) is 9.47 Å². The van der Waals surface area contributed by atoms with E-state index in [1.54, 1.807) is 33.2 Å². The zero-order chi connectivity index (χ0) is 21.2. The van der Waals surface area contributed by atoms with Crippen LogP contribution in [-0.4, -0.2) is 45.5 Å². The van der Waals surface area contributed by atoms with E-state index >= 15 is 0 Å². The lowest BCUT2D eigenvalue weighted by Crippen LogP contribution is -2.27. The average molecular weight is 463 g/mol. The first-order valence-corrected chi connectivity index (χ1v) is 9.96. The Morgan fingerprint density at radius 2 is 2.14 bits per heavy atom. The van der Waals surface area contributed by atoms with E-state index in [-0.39, 0.29) is 11.9 Å². The van der Waals surface area contributed by atoms with Crippen LogP contribution in [0.5, 0.6) is 5.88 Å². The second-order valence-corrected chi connectivity index (χ2v) is 8.49. The van der Waals surface area contributed by atoms with Crippen molar-refractivity contribution in [3.8, 4) is 17.0 Å². The molecule has 0 saturated carbocycles. The first-order valence-electron chi connectivity index (χ1n) is 9.17. The van der Waals surface area contributed by atoms with E-state index in [0.717, 1.165) is 15.6 Å². The molecule has 1 fully saturated rings. The molecule has 1 aliphatic heterocycles. The van der Waals surface area contributed by atoms with Crippen LogP contribution in [0.2, 0.25) is 0 Å². The van der Waals surface area contributed by atoms with Crippen molar-refractivity contribution >= 4 is 32.4 Å². The van der Waals surface area contributed by atoms with Gasteiger partial charge in [0.25, 0.3) is 0 Å². The fourth-order valence-corrected chi connectivity index (χ4v) is 3.38. The Morgan fingerprint density at radius 1 is 1.38 bits per heavy atom. The summed E-state index contributed by atoms with van der Waals surface area (Å²) >= 11 is 3.53. The summed E-state index contributed by atoms with van der Waals surface area (Å²) in [6.45, 7) is 5.39. The van der Waals surface area contributed by atoms with Crippen molar-refractivity contribution in [2.75, 3.05) is 7.11 Å². The summed E-state index contributed by atoms with van der Waals surface area (Å²) in [5, 5.41) is 6.97. The third-order valence-electron chi connectivity index (χ3n) is 4.15. The Bertz CT molecular complexity index is 962. The fourth-order valence-electron chi connectivity index (χ4n) is 2.84. The summed E-state index contributed by atoms with van der Waals surface area (Å²) in [5.74, 6) is 0.446. The highest BCUT2D eigenvalue weighted by Crippen LogP contribution is 2.31. The number of amides is 1. The van der Waals surface area contributed by atoms with Crippen LogP contribution in [0.25, 0.3) is 15.6 Å². The number of carbonyl (C=O) groups excluding carboxylic acids is 2. The highest BCUT2D eigenvalue weighted by molar-refractivity contribution is 9.15. The van der Waals surface area contributed by atoms with Gasteiger partial charge >= 0.3 is 6.09 Å². The normalized spacial score (nSPS) is 17.2. The zero-order valence-electron chi connectivity index (χ0n) is 16.7. The third-order valence-corrected chi connectivity index (χ3v) is 4.82. The van der Waals surface area contributed by atoms with Crippen molar-refractivity contribution in [3.05, 3.63) is 36.3 Å². The molecule has 154 valence electrons. The van der Waals surface area contributed by atoms with Gasteiger partial charge in [-0.25, -0.2) is 9.78 Å².